The van der Waals surface area contributed by atoms with E-state index in [-0.39, 0.29) is 16.9 Å². The fourth-order valence-electron chi connectivity index (χ4n) is 3.44. The van der Waals surface area contributed by atoms with Crippen molar-refractivity contribution in [3.05, 3.63) is 113 Å². The lowest BCUT2D eigenvalue weighted by Gasteiger charge is -2.14. The number of aliphatic hydroxyl groups is 1. The fraction of sp³-hybridized carbons (Fsp3) is 0.0800. The van der Waals surface area contributed by atoms with Crippen LogP contribution >= 0.6 is 0 Å². The summed E-state index contributed by atoms with van der Waals surface area (Å²) in [6, 6.07) is 19.5. The van der Waals surface area contributed by atoms with Gasteiger partial charge in [-0.1, -0.05) is 30.3 Å². The minimum absolute atomic E-state index is 0.0972. The molecule has 1 unspecified atom stereocenters. The number of rotatable bonds is 5. The Morgan fingerprint density at radius 1 is 1.00 bits per heavy atom. The summed E-state index contributed by atoms with van der Waals surface area (Å²) in [5.74, 6) is -1.42. The summed E-state index contributed by atoms with van der Waals surface area (Å²) in [5.41, 5.74) is -0.603. The van der Waals surface area contributed by atoms with Crippen LogP contribution in [0.4, 0.5) is 23.2 Å². The number of aromatic nitrogens is 2. The molecule has 1 amide bonds. The summed E-state index contributed by atoms with van der Waals surface area (Å²) in [4.78, 5) is 13.0. The summed E-state index contributed by atoms with van der Waals surface area (Å²) >= 11 is 0. The van der Waals surface area contributed by atoms with Crippen molar-refractivity contribution in [1.29, 1.82) is 5.26 Å². The van der Waals surface area contributed by atoms with Gasteiger partial charge in [0.1, 0.15) is 17.6 Å². The number of nitrogens with one attached hydrogen (secondary N) is 1. The lowest BCUT2D eigenvalue weighted by Crippen LogP contribution is -2.17. The van der Waals surface area contributed by atoms with Crippen molar-refractivity contribution in [2.24, 2.45) is 0 Å². The summed E-state index contributed by atoms with van der Waals surface area (Å²) in [7, 11) is 0. The van der Waals surface area contributed by atoms with Gasteiger partial charge in [0, 0.05) is 11.8 Å². The highest BCUT2D eigenvalue weighted by atomic mass is 19.4. The number of carbonyl (C=O) groups excluding carboxylic acids is 1. The zero-order valence-electron chi connectivity index (χ0n) is 17.8. The summed E-state index contributed by atoms with van der Waals surface area (Å²) in [6.45, 7) is 0. The van der Waals surface area contributed by atoms with Gasteiger partial charge in [-0.05, 0) is 53.6 Å². The average molecular weight is 480 g/mol. The third-order valence-electron chi connectivity index (χ3n) is 5.08. The van der Waals surface area contributed by atoms with E-state index in [1.54, 1.807) is 6.07 Å². The van der Waals surface area contributed by atoms with Crippen LogP contribution in [-0.4, -0.2) is 20.8 Å². The average Bonchev–Trinajstić information content (AvgIpc) is 3.30. The maximum absolute atomic E-state index is 13.5. The normalized spacial score (nSPS) is 12.1. The number of anilines is 1. The molecule has 0 spiro atoms. The monoisotopic (exact) mass is 480 g/mol. The molecule has 1 atom stereocenters. The first-order chi connectivity index (χ1) is 16.7. The number of halogens is 4. The summed E-state index contributed by atoms with van der Waals surface area (Å²) in [6.07, 6.45) is -6.00. The maximum Gasteiger partial charge on any atom is 0.435 e. The molecule has 10 heteroatoms. The van der Waals surface area contributed by atoms with Crippen LogP contribution in [0.15, 0.2) is 78.9 Å². The zero-order chi connectivity index (χ0) is 25.2. The first kappa shape index (κ1) is 23.7. The number of hydrogen-bond acceptors (Lipinski definition) is 4. The summed E-state index contributed by atoms with van der Waals surface area (Å²) in [5, 5.41) is 25.7. The molecule has 35 heavy (non-hydrogen) atoms. The van der Waals surface area contributed by atoms with Crippen LogP contribution in [0.1, 0.15) is 39.0 Å². The number of nitrogens with zero attached hydrogens (tertiary/aromatic N) is 3. The second-order valence-electron chi connectivity index (χ2n) is 7.52. The van der Waals surface area contributed by atoms with Gasteiger partial charge in [-0.15, -0.1) is 0 Å². The molecule has 0 aliphatic rings. The van der Waals surface area contributed by atoms with Crippen LogP contribution in [0.25, 0.3) is 5.69 Å². The van der Waals surface area contributed by atoms with Crippen molar-refractivity contribution in [2.45, 2.75) is 12.3 Å². The Morgan fingerprint density at radius 2 is 1.69 bits per heavy atom. The Morgan fingerprint density at radius 3 is 2.37 bits per heavy atom. The third kappa shape index (κ3) is 5.20. The highest BCUT2D eigenvalue weighted by Gasteiger charge is 2.36. The minimum Gasteiger partial charge on any atom is -0.384 e. The highest BCUT2D eigenvalue weighted by molar-refractivity contribution is 6.03. The number of alkyl halides is 3. The number of benzene rings is 3. The van der Waals surface area contributed by atoms with Crippen molar-refractivity contribution >= 4 is 11.6 Å². The molecule has 0 radical (unpaired) electrons. The van der Waals surface area contributed by atoms with Crippen molar-refractivity contribution in [3.8, 4) is 11.8 Å². The first-order valence-electron chi connectivity index (χ1n) is 10.2. The molecule has 0 aliphatic carbocycles. The SMILES string of the molecule is N#Cc1cccc(-n2nc(C(F)(F)F)cc2C(=O)Nc2cccc(C(O)c3cccc(F)c3)c2)c1. The lowest BCUT2D eigenvalue weighted by molar-refractivity contribution is -0.141. The van der Waals surface area contributed by atoms with Crippen molar-refractivity contribution in [2.75, 3.05) is 5.32 Å². The van der Waals surface area contributed by atoms with E-state index in [1.165, 1.54) is 66.7 Å². The van der Waals surface area contributed by atoms with Gasteiger partial charge in [-0.2, -0.15) is 23.5 Å². The van der Waals surface area contributed by atoms with Gasteiger partial charge in [0.15, 0.2) is 5.69 Å². The van der Waals surface area contributed by atoms with Crippen LogP contribution < -0.4 is 5.32 Å². The molecule has 4 aromatic rings. The summed E-state index contributed by atoms with van der Waals surface area (Å²) < 4.78 is 54.4. The van der Waals surface area contributed by atoms with Gasteiger partial charge in [0.05, 0.1) is 17.3 Å². The Labute approximate surface area is 196 Å². The molecule has 176 valence electrons. The van der Waals surface area contributed by atoms with Gasteiger partial charge in [0.25, 0.3) is 5.91 Å². The topological polar surface area (TPSA) is 90.9 Å². The molecular formula is C25H16F4N4O2. The Bertz CT molecular complexity index is 1440. The van der Waals surface area contributed by atoms with Gasteiger partial charge >= 0.3 is 6.18 Å². The standard InChI is InChI=1S/C25H16F4N4O2/c26-18-7-2-5-16(11-18)23(34)17-6-3-8-19(12-17)31-24(35)21-13-22(25(27,28)29)32-33(21)20-9-1-4-15(10-20)14-30/h1-13,23,34H,(H,31,35). The molecule has 0 saturated carbocycles. The van der Waals surface area contributed by atoms with Crippen LogP contribution in [0.5, 0.6) is 0 Å². The van der Waals surface area contributed by atoms with E-state index in [0.29, 0.717) is 17.2 Å². The second kappa shape index (κ2) is 9.40. The predicted octanol–water partition coefficient (Wildman–Crippen LogP) is 5.24. The first-order valence-corrected chi connectivity index (χ1v) is 10.2. The molecule has 0 aliphatic heterocycles. The molecule has 4 rings (SSSR count). The van der Waals surface area contributed by atoms with E-state index in [4.69, 9.17) is 5.26 Å². The van der Waals surface area contributed by atoms with E-state index < -0.39 is 35.4 Å². The van der Waals surface area contributed by atoms with Crippen molar-refractivity contribution < 1.29 is 27.5 Å². The Kier molecular flexibility index (Phi) is 6.36. The van der Waals surface area contributed by atoms with Crippen LogP contribution in [0.2, 0.25) is 0 Å². The van der Waals surface area contributed by atoms with Crippen LogP contribution in [-0.2, 0) is 6.18 Å². The van der Waals surface area contributed by atoms with Crippen LogP contribution in [0, 0.1) is 17.1 Å². The molecule has 0 saturated heterocycles. The molecule has 0 bridgehead atoms. The van der Waals surface area contributed by atoms with E-state index >= 15 is 0 Å². The molecule has 1 heterocycles. The fourth-order valence-corrected chi connectivity index (χ4v) is 3.44. The van der Waals surface area contributed by atoms with Crippen molar-refractivity contribution in [1.82, 2.24) is 9.78 Å². The van der Waals surface area contributed by atoms with Gasteiger partial charge in [-0.3, -0.25) is 4.79 Å². The van der Waals surface area contributed by atoms with E-state index in [0.717, 1.165) is 4.68 Å². The van der Waals surface area contributed by atoms with E-state index in [2.05, 4.69) is 10.4 Å². The second-order valence-corrected chi connectivity index (χ2v) is 7.52. The third-order valence-corrected chi connectivity index (χ3v) is 5.08. The van der Waals surface area contributed by atoms with Crippen molar-refractivity contribution in [3.63, 3.8) is 0 Å². The Balaban J connectivity index is 1.67. The number of amides is 1. The van der Waals surface area contributed by atoms with E-state index in [9.17, 15) is 27.5 Å². The molecular weight excluding hydrogens is 464 g/mol. The molecule has 0 fully saturated rings. The van der Waals surface area contributed by atoms with Gasteiger partial charge in [0.2, 0.25) is 0 Å². The Hall–Kier alpha value is -4.49. The maximum atomic E-state index is 13.5. The zero-order valence-corrected chi connectivity index (χ0v) is 17.8. The predicted molar refractivity (Wildman–Crippen MR) is 118 cm³/mol. The number of carbonyl (C=O) groups is 1. The molecule has 6 nitrogen and oxygen atoms in total. The minimum atomic E-state index is -4.80. The van der Waals surface area contributed by atoms with Crippen LogP contribution in [0.3, 0.4) is 0 Å². The number of aliphatic hydroxyl groups excluding tert-OH is 1. The largest absolute Gasteiger partial charge is 0.435 e. The molecule has 1 aromatic heterocycles. The van der Waals surface area contributed by atoms with Gasteiger partial charge in [-0.25, -0.2) is 9.07 Å². The number of nitriles is 1. The number of hydrogen-bond donors (Lipinski definition) is 2. The quantitative estimate of drug-likeness (QED) is 0.383. The smallest absolute Gasteiger partial charge is 0.384 e. The van der Waals surface area contributed by atoms with Gasteiger partial charge < -0.3 is 10.4 Å². The molecule has 3 aromatic carbocycles. The highest BCUT2D eigenvalue weighted by Crippen LogP contribution is 2.30. The van der Waals surface area contributed by atoms with E-state index in [1.807, 2.05) is 6.07 Å². The lowest BCUT2D eigenvalue weighted by atomic mass is 10.0. The molecule has 2 N–H and O–H groups in total.